The third-order valence-corrected chi connectivity index (χ3v) is 3.68. The highest BCUT2D eigenvalue weighted by molar-refractivity contribution is 7.80. The minimum Gasteiger partial charge on any atom is -0.480 e. The molecule has 4 atom stereocenters. The van der Waals surface area contributed by atoms with Crippen LogP contribution in [0.3, 0.4) is 0 Å². The van der Waals surface area contributed by atoms with Crippen molar-refractivity contribution >= 4 is 36.3 Å². The van der Waals surface area contributed by atoms with Crippen LogP contribution in [0, 0.1) is 5.92 Å². The Morgan fingerprint density at radius 1 is 1.04 bits per heavy atom. The van der Waals surface area contributed by atoms with Crippen molar-refractivity contribution in [2.24, 2.45) is 11.7 Å². The molecule has 0 spiro atoms. The molecule has 0 aromatic rings. The van der Waals surface area contributed by atoms with Gasteiger partial charge in [-0.2, -0.15) is 12.6 Å². The van der Waals surface area contributed by atoms with Gasteiger partial charge in [0.1, 0.15) is 18.6 Å². The molecule has 10 nitrogen and oxygen atoms in total. The molecule has 0 heterocycles. The molecular weight excluding hydrogens is 352 g/mol. The van der Waals surface area contributed by atoms with Crippen LogP contribution in [-0.2, 0) is 19.2 Å². The van der Waals surface area contributed by atoms with E-state index in [1.807, 2.05) is 0 Å². The number of carbonyl (C=O) groups is 4. The number of hydrogen-bond donors (Lipinski definition) is 7. The van der Waals surface area contributed by atoms with Gasteiger partial charge in [0.05, 0.1) is 12.1 Å². The first-order valence-corrected chi connectivity index (χ1v) is 8.29. The standard InChI is InChI=1S/C14H26N4O6S/c1-6(2)10(15)13(23)18-11(7(3)19)14(24)17-8(5-25)12(22)16-4-9(20)21/h6-8,10-11,19,25H,4-5,15H2,1-3H3,(H,16,22)(H,17,24)(H,18,23)(H,20,21)/t7-,8+,10+,11-/m0/s1. The van der Waals surface area contributed by atoms with Crippen molar-refractivity contribution in [3.05, 3.63) is 0 Å². The minimum atomic E-state index is -1.33. The fourth-order valence-corrected chi connectivity index (χ4v) is 1.96. The van der Waals surface area contributed by atoms with Gasteiger partial charge >= 0.3 is 5.97 Å². The zero-order chi connectivity index (χ0) is 19.7. The van der Waals surface area contributed by atoms with Crippen LogP contribution >= 0.6 is 12.6 Å². The van der Waals surface area contributed by atoms with Crippen molar-refractivity contribution in [3.63, 3.8) is 0 Å². The van der Waals surface area contributed by atoms with Crippen molar-refractivity contribution in [1.82, 2.24) is 16.0 Å². The summed E-state index contributed by atoms with van der Waals surface area (Å²) in [6.45, 7) is 4.14. The zero-order valence-electron chi connectivity index (χ0n) is 14.4. The highest BCUT2D eigenvalue weighted by atomic mass is 32.1. The van der Waals surface area contributed by atoms with Gasteiger partial charge in [-0.05, 0) is 12.8 Å². The maximum atomic E-state index is 12.3. The monoisotopic (exact) mass is 378 g/mol. The number of nitrogens with two attached hydrogens (primary N) is 1. The Morgan fingerprint density at radius 3 is 2.00 bits per heavy atom. The topological polar surface area (TPSA) is 171 Å². The number of amides is 3. The molecule has 0 bridgehead atoms. The van der Waals surface area contributed by atoms with Crippen LogP contribution in [0.2, 0.25) is 0 Å². The van der Waals surface area contributed by atoms with Gasteiger partial charge in [-0.1, -0.05) is 13.8 Å². The fraction of sp³-hybridized carbons (Fsp3) is 0.714. The van der Waals surface area contributed by atoms with E-state index in [2.05, 4.69) is 28.6 Å². The lowest BCUT2D eigenvalue weighted by Gasteiger charge is -2.25. The van der Waals surface area contributed by atoms with E-state index in [4.69, 9.17) is 10.8 Å². The molecule has 0 unspecified atom stereocenters. The van der Waals surface area contributed by atoms with E-state index >= 15 is 0 Å². The Hall–Kier alpha value is -1.85. The lowest BCUT2D eigenvalue weighted by atomic mass is 10.0. The lowest BCUT2D eigenvalue weighted by molar-refractivity contribution is -0.138. The summed E-state index contributed by atoms with van der Waals surface area (Å²) in [6, 6.07) is -3.33. The van der Waals surface area contributed by atoms with Crippen LogP contribution in [0.5, 0.6) is 0 Å². The molecule has 0 radical (unpaired) electrons. The summed E-state index contributed by atoms with van der Waals surface area (Å²) in [5.74, 6) is -3.71. The van der Waals surface area contributed by atoms with Crippen LogP contribution in [0.4, 0.5) is 0 Å². The number of aliphatic hydroxyl groups excluding tert-OH is 1. The molecule has 0 fully saturated rings. The predicted octanol–water partition coefficient (Wildman–Crippen LogP) is -2.55. The van der Waals surface area contributed by atoms with Gasteiger partial charge in [-0.15, -0.1) is 0 Å². The molecular formula is C14H26N4O6S. The molecule has 144 valence electrons. The summed E-state index contributed by atoms with van der Waals surface area (Å²) >= 11 is 3.93. The lowest BCUT2D eigenvalue weighted by Crippen LogP contribution is -2.60. The molecule has 0 saturated heterocycles. The van der Waals surface area contributed by atoms with E-state index in [1.165, 1.54) is 6.92 Å². The number of hydrogen-bond acceptors (Lipinski definition) is 7. The molecule has 7 N–H and O–H groups in total. The summed E-state index contributed by atoms with van der Waals surface area (Å²) in [4.78, 5) is 46.5. The highest BCUT2D eigenvalue weighted by Crippen LogP contribution is 2.02. The van der Waals surface area contributed by atoms with Gasteiger partial charge in [-0.25, -0.2) is 0 Å². The molecule has 0 saturated carbocycles. The second-order valence-corrected chi connectivity index (χ2v) is 6.22. The Labute approximate surface area is 151 Å². The van der Waals surface area contributed by atoms with Crippen molar-refractivity contribution < 1.29 is 29.4 Å². The quantitative estimate of drug-likeness (QED) is 0.205. The minimum absolute atomic E-state index is 0.108. The smallest absolute Gasteiger partial charge is 0.322 e. The predicted molar refractivity (Wildman–Crippen MR) is 92.9 cm³/mol. The second kappa shape index (κ2) is 10.9. The number of carboxylic acid groups (broad SMARTS) is 1. The number of carbonyl (C=O) groups excluding carboxylic acids is 3. The molecule has 0 aliphatic rings. The average Bonchev–Trinajstić information content (AvgIpc) is 2.53. The van der Waals surface area contributed by atoms with Crippen molar-refractivity contribution in [3.8, 4) is 0 Å². The molecule has 0 aromatic carbocycles. The largest absolute Gasteiger partial charge is 0.480 e. The summed E-state index contributed by atoms with van der Waals surface area (Å²) in [6.07, 6.45) is -1.24. The maximum absolute atomic E-state index is 12.3. The number of nitrogens with one attached hydrogen (secondary N) is 3. The van der Waals surface area contributed by atoms with E-state index in [0.717, 1.165) is 0 Å². The SMILES string of the molecule is CC(C)[C@@H](N)C(=O)N[C@H](C(=O)N[C@H](CS)C(=O)NCC(=O)O)[C@H](C)O. The van der Waals surface area contributed by atoms with E-state index in [9.17, 15) is 24.3 Å². The van der Waals surface area contributed by atoms with Crippen molar-refractivity contribution in [2.75, 3.05) is 12.3 Å². The van der Waals surface area contributed by atoms with Gasteiger partial charge in [0.25, 0.3) is 0 Å². The third kappa shape index (κ3) is 8.18. The van der Waals surface area contributed by atoms with E-state index in [-0.39, 0.29) is 11.7 Å². The number of thiol groups is 1. The van der Waals surface area contributed by atoms with Crippen LogP contribution in [0.15, 0.2) is 0 Å². The van der Waals surface area contributed by atoms with Crippen molar-refractivity contribution in [1.29, 1.82) is 0 Å². The fourth-order valence-electron chi connectivity index (χ4n) is 1.70. The van der Waals surface area contributed by atoms with Gasteiger partial charge < -0.3 is 31.9 Å². The molecule has 11 heteroatoms. The number of carboxylic acids is 1. The number of aliphatic carboxylic acids is 1. The van der Waals surface area contributed by atoms with Gasteiger partial charge in [-0.3, -0.25) is 19.2 Å². The molecule has 0 aliphatic carbocycles. The summed E-state index contributed by atoms with van der Waals surface area (Å²) in [5.41, 5.74) is 5.69. The Bertz CT molecular complexity index is 500. The zero-order valence-corrected chi connectivity index (χ0v) is 15.2. The summed E-state index contributed by atoms with van der Waals surface area (Å²) in [7, 11) is 0. The van der Waals surface area contributed by atoms with Crippen molar-refractivity contribution in [2.45, 2.75) is 45.0 Å². The Morgan fingerprint density at radius 2 is 1.60 bits per heavy atom. The van der Waals surface area contributed by atoms with Gasteiger partial charge in [0.2, 0.25) is 17.7 Å². The van der Waals surface area contributed by atoms with E-state index in [0.29, 0.717) is 0 Å². The summed E-state index contributed by atoms with van der Waals surface area (Å²) in [5, 5.41) is 25.0. The second-order valence-electron chi connectivity index (χ2n) is 5.85. The van der Waals surface area contributed by atoms with E-state index in [1.54, 1.807) is 13.8 Å². The first kappa shape index (κ1) is 23.1. The highest BCUT2D eigenvalue weighted by Gasteiger charge is 2.31. The molecule has 0 aliphatic heterocycles. The van der Waals surface area contributed by atoms with E-state index < -0.39 is 54.5 Å². The molecule has 25 heavy (non-hydrogen) atoms. The van der Waals surface area contributed by atoms with Crippen LogP contribution in [0.25, 0.3) is 0 Å². The van der Waals surface area contributed by atoms with Crippen LogP contribution in [0.1, 0.15) is 20.8 Å². The molecule has 0 aromatic heterocycles. The number of aliphatic hydroxyl groups is 1. The first-order chi connectivity index (χ1) is 11.5. The van der Waals surface area contributed by atoms with Gasteiger partial charge in [0, 0.05) is 5.75 Å². The number of rotatable bonds is 10. The molecule has 3 amide bonds. The van der Waals surface area contributed by atoms with Gasteiger partial charge in [0.15, 0.2) is 0 Å². The third-order valence-electron chi connectivity index (χ3n) is 3.31. The molecule has 0 rings (SSSR count). The maximum Gasteiger partial charge on any atom is 0.322 e. The summed E-state index contributed by atoms with van der Waals surface area (Å²) < 4.78 is 0. The Kier molecular flexibility index (Phi) is 10.1. The first-order valence-electron chi connectivity index (χ1n) is 7.66. The average molecular weight is 378 g/mol. The van der Waals surface area contributed by atoms with Crippen LogP contribution in [-0.4, -0.2) is 70.4 Å². The normalized spacial score (nSPS) is 15.6. The Balaban J connectivity index is 4.94. The van der Waals surface area contributed by atoms with Crippen LogP contribution < -0.4 is 21.7 Å².